The molecule has 2 aliphatic carbocycles. The topological polar surface area (TPSA) is 86.7 Å². The van der Waals surface area contributed by atoms with Gasteiger partial charge in [0.1, 0.15) is 18.0 Å². The summed E-state index contributed by atoms with van der Waals surface area (Å²) in [5, 5.41) is 10.2. The van der Waals surface area contributed by atoms with E-state index in [4.69, 9.17) is 0 Å². The molecule has 1 unspecified atom stereocenters. The molecular weight excluding hydrogens is 359 g/mol. The number of anilines is 1. The van der Waals surface area contributed by atoms with Crippen LogP contribution < -0.4 is 9.03 Å². The molecule has 1 saturated heterocycles. The second-order valence-corrected chi connectivity index (χ2v) is 9.31. The second-order valence-electron chi connectivity index (χ2n) is 7.72. The van der Waals surface area contributed by atoms with Gasteiger partial charge in [0.2, 0.25) is 0 Å². The first kappa shape index (κ1) is 17.6. The minimum atomic E-state index is -4.16. The Morgan fingerprint density at radius 1 is 1.23 bits per heavy atom. The number of nitrogens with zero attached hydrogens (tertiary/aromatic N) is 1. The number of phenols is 1. The Labute approximate surface area is 152 Å². The quantitative estimate of drug-likeness (QED) is 0.819. The number of nitrogens with one attached hydrogen (secondary N) is 1. The van der Waals surface area contributed by atoms with Crippen molar-refractivity contribution in [2.75, 3.05) is 10.8 Å². The fraction of sp³-hybridized carbons (Fsp3) is 0.611. The van der Waals surface area contributed by atoms with E-state index in [1.807, 2.05) is 4.72 Å². The summed E-state index contributed by atoms with van der Waals surface area (Å²) in [6.45, 7) is -0.517. The van der Waals surface area contributed by atoms with E-state index in [0.29, 0.717) is 28.6 Å². The van der Waals surface area contributed by atoms with Gasteiger partial charge >= 0.3 is 10.2 Å². The number of halogens is 1. The normalized spacial score (nSPS) is 24.4. The van der Waals surface area contributed by atoms with E-state index in [9.17, 15) is 18.3 Å². The highest BCUT2D eigenvalue weighted by atomic mass is 32.2. The van der Waals surface area contributed by atoms with E-state index in [2.05, 4.69) is 0 Å². The number of rotatable bonds is 5. The SMILES string of the molecule is O=C1CN(c2c(O)cc3c(c2F)CC(CCCC2CC2)CC3)S(=O)(=O)N1. The largest absolute Gasteiger partial charge is 0.506 e. The molecule has 142 valence electrons. The van der Waals surface area contributed by atoms with Crippen LogP contribution in [0.4, 0.5) is 10.1 Å². The van der Waals surface area contributed by atoms with Crippen LogP contribution in [0, 0.1) is 17.7 Å². The van der Waals surface area contributed by atoms with Gasteiger partial charge in [-0.05, 0) is 48.3 Å². The lowest BCUT2D eigenvalue weighted by Crippen LogP contribution is -2.31. The third kappa shape index (κ3) is 3.26. The molecule has 1 aliphatic heterocycles. The first-order chi connectivity index (χ1) is 12.3. The standard InChI is InChI=1S/C18H23FN2O4S/c19-17-14-8-12(3-1-2-11-4-5-11)6-7-13(14)9-15(22)18(17)21-10-16(23)20-26(21,24)25/h9,11-12,22H,1-8,10H2,(H,20,23). The van der Waals surface area contributed by atoms with Gasteiger partial charge < -0.3 is 5.11 Å². The molecule has 3 aliphatic rings. The van der Waals surface area contributed by atoms with Gasteiger partial charge in [-0.1, -0.05) is 32.1 Å². The molecule has 1 aromatic carbocycles. The van der Waals surface area contributed by atoms with Crippen molar-refractivity contribution >= 4 is 21.8 Å². The average molecular weight is 382 g/mol. The number of aryl methyl sites for hydroxylation is 1. The molecule has 4 rings (SSSR count). The number of benzene rings is 1. The number of amides is 1. The maximum atomic E-state index is 15.2. The predicted octanol–water partition coefficient (Wildman–Crippen LogP) is 2.40. The van der Waals surface area contributed by atoms with Crippen molar-refractivity contribution in [1.82, 2.24) is 4.72 Å². The fourth-order valence-electron chi connectivity index (χ4n) is 4.14. The summed E-state index contributed by atoms with van der Waals surface area (Å²) in [7, 11) is -4.16. The highest BCUT2D eigenvalue weighted by molar-refractivity contribution is 7.92. The van der Waals surface area contributed by atoms with Gasteiger partial charge in [0.05, 0.1) is 0 Å². The van der Waals surface area contributed by atoms with Crippen LogP contribution in [0.1, 0.15) is 49.7 Å². The van der Waals surface area contributed by atoms with Crippen LogP contribution in [-0.2, 0) is 27.8 Å². The van der Waals surface area contributed by atoms with E-state index < -0.39 is 39.9 Å². The van der Waals surface area contributed by atoms with Crippen LogP contribution in [0.3, 0.4) is 0 Å². The maximum absolute atomic E-state index is 15.2. The Balaban J connectivity index is 1.59. The van der Waals surface area contributed by atoms with Crippen molar-refractivity contribution in [3.63, 3.8) is 0 Å². The zero-order valence-electron chi connectivity index (χ0n) is 14.5. The predicted molar refractivity (Wildman–Crippen MR) is 94.6 cm³/mol. The van der Waals surface area contributed by atoms with Crippen molar-refractivity contribution in [2.45, 2.75) is 51.4 Å². The second kappa shape index (κ2) is 6.40. The fourth-order valence-corrected chi connectivity index (χ4v) is 5.31. The molecular formula is C18H23FN2O4S. The Morgan fingerprint density at radius 2 is 1.96 bits per heavy atom. The molecule has 8 heteroatoms. The zero-order valence-corrected chi connectivity index (χ0v) is 15.3. The Hall–Kier alpha value is -1.83. The van der Waals surface area contributed by atoms with Crippen molar-refractivity contribution in [3.8, 4) is 5.75 Å². The highest BCUT2D eigenvalue weighted by Crippen LogP contribution is 2.42. The molecule has 0 aromatic heterocycles. The summed E-state index contributed by atoms with van der Waals surface area (Å²) in [4.78, 5) is 11.4. The summed E-state index contributed by atoms with van der Waals surface area (Å²) in [5.41, 5.74) is 0.800. The molecule has 1 amide bonds. The third-order valence-electron chi connectivity index (χ3n) is 5.72. The van der Waals surface area contributed by atoms with Gasteiger partial charge in [0, 0.05) is 0 Å². The van der Waals surface area contributed by atoms with Crippen molar-refractivity contribution in [1.29, 1.82) is 0 Å². The molecule has 1 heterocycles. The van der Waals surface area contributed by atoms with Gasteiger partial charge in [-0.25, -0.2) is 13.4 Å². The van der Waals surface area contributed by atoms with Crippen LogP contribution in [0.25, 0.3) is 0 Å². The molecule has 1 saturated carbocycles. The monoisotopic (exact) mass is 382 g/mol. The number of aromatic hydroxyl groups is 1. The lowest BCUT2D eigenvalue weighted by atomic mass is 9.80. The minimum Gasteiger partial charge on any atom is -0.506 e. The number of carbonyl (C=O) groups is 1. The van der Waals surface area contributed by atoms with Crippen LogP contribution in [0.2, 0.25) is 0 Å². The number of hydrogen-bond acceptors (Lipinski definition) is 4. The first-order valence-corrected chi connectivity index (χ1v) is 10.7. The summed E-state index contributed by atoms with van der Waals surface area (Å²) in [6.07, 6.45) is 8.30. The molecule has 2 N–H and O–H groups in total. The van der Waals surface area contributed by atoms with Gasteiger partial charge in [0.15, 0.2) is 5.82 Å². The van der Waals surface area contributed by atoms with Crippen molar-refractivity contribution in [3.05, 3.63) is 23.0 Å². The van der Waals surface area contributed by atoms with E-state index >= 15 is 4.39 Å². The highest BCUT2D eigenvalue weighted by Gasteiger charge is 2.39. The molecule has 1 aromatic rings. The van der Waals surface area contributed by atoms with Crippen LogP contribution in [0.5, 0.6) is 5.75 Å². The molecule has 1 atom stereocenters. The molecule has 2 fully saturated rings. The van der Waals surface area contributed by atoms with Crippen LogP contribution in [0.15, 0.2) is 6.07 Å². The number of fused-ring (bicyclic) bond motifs is 1. The molecule has 0 spiro atoms. The summed E-state index contributed by atoms with van der Waals surface area (Å²) in [5.74, 6) is -0.625. The number of hydrogen-bond donors (Lipinski definition) is 2. The Bertz CT molecular complexity index is 851. The number of carbonyl (C=O) groups excluding carboxylic acids is 1. The molecule has 0 radical (unpaired) electrons. The van der Waals surface area contributed by atoms with Gasteiger partial charge in [-0.2, -0.15) is 8.42 Å². The van der Waals surface area contributed by atoms with E-state index in [1.54, 1.807) is 0 Å². The smallest absolute Gasteiger partial charge is 0.326 e. The minimum absolute atomic E-state index is 0.378. The van der Waals surface area contributed by atoms with Crippen LogP contribution >= 0.6 is 0 Å². The molecule has 0 bridgehead atoms. The van der Waals surface area contributed by atoms with Gasteiger partial charge in [-0.3, -0.25) is 4.79 Å². The summed E-state index contributed by atoms with van der Waals surface area (Å²) < 4.78 is 41.7. The van der Waals surface area contributed by atoms with Crippen LogP contribution in [-0.4, -0.2) is 26.0 Å². The molecule has 26 heavy (non-hydrogen) atoms. The van der Waals surface area contributed by atoms with Gasteiger partial charge in [0.25, 0.3) is 5.91 Å². The zero-order chi connectivity index (χ0) is 18.5. The third-order valence-corrected chi connectivity index (χ3v) is 7.10. The average Bonchev–Trinajstić information content (AvgIpc) is 3.33. The summed E-state index contributed by atoms with van der Waals surface area (Å²) >= 11 is 0. The Kier molecular flexibility index (Phi) is 4.33. The van der Waals surface area contributed by atoms with E-state index in [1.165, 1.54) is 25.3 Å². The first-order valence-electron chi connectivity index (χ1n) is 9.21. The summed E-state index contributed by atoms with van der Waals surface area (Å²) in [6, 6.07) is 1.45. The Morgan fingerprint density at radius 3 is 2.62 bits per heavy atom. The maximum Gasteiger partial charge on any atom is 0.326 e. The number of phenolic OH excluding ortho intramolecular Hbond substituents is 1. The van der Waals surface area contributed by atoms with E-state index in [0.717, 1.165) is 30.7 Å². The van der Waals surface area contributed by atoms with Crippen molar-refractivity contribution in [2.24, 2.45) is 11.8 Å². The lowest BCUT2D eigenvalue weighted by Gasteiger charge is -2.27. The van der Waals surface area contributed by atoms with Gasteiger partial charge in [-0.15, -0.1) is 0 Å². The van der Waals surface area contributed by atoms with E-state index in [-0.39, 0.29) is 0 Å². The molecule has 6 nitrogen and oxygen atoms in total. The lowest BCUT2D eigenvalue weighted by molar-refractivity contribution is -0.117. The van der Waals surface area contributed by atoms with Crippen molar-refractivity contribution < 1.29 is 22.7 Å².